The van der Waals surface area contributed by atoms with E-state index in [4.69, 9.17) is 9.72 Å². The van der Waals surface area contributed by atoms with Gasteiger partial charge in [-0.1, -0.05) is 20.4 Å². The number of carbonyl (C=O) groups is 1. The molecule has 0 radical (unpaired) electrons. The zero-order chi connectivity index (χ0) is 21.0. The quantitative estimate of drug-likeness (QED) is 0.599. The molecule has 0 saturated heterocycles. The molecule has 1 saturated carbocycles. The largest absolute Gasteiger partial charge is 0.472 e. The first-order valence-corrected chi connectivity index (χ1v) is 9.92. The molecular formula is C21H28N6O2. The van der Waals surface area contributed by atoms with Crippen LogP contribution < -0.4 is 4.74 Å². The smallest absolute Gasteiger partial charge is 0.245 e. The molecule has 3 aromatic rings. The summed E-state index contributed by atoms with van der Waals surface area (Å²) in [6.45, 7) is 8.19. The highest BCUT2D eigenvalue weighted by molar-refractivity contribution is 5.86. The average molecular weight is 396 g/mol. The molecule has 4 rings (SSSR count). The number of fused-ring (bicyclic) bond motifs is 1. The number of ether oxygens (including phenoxy) is 1. The molecule has 0 spiro atoms. The number of hydrogen-bond donors (Lipinski definition) is 0. The van der Waals surface area contributed by atoms with Crippen molar-refractivity contribution in [3.63, 3.8) is 0 Å². The van der Waals surface area contributed by atoms with Crippen molar-refractivity contribution in [2.24, 2.45) is 13.0 Å². The molecule has 3 aromatic heterocycles. The van der Waals surface area contributed by atoms with Crippen molar-refractivity contribution >= 4 is 11.4 Å². The van der Waals surface area contributed by atoms with Crippen LogP contribution in [0.3, 0.4) is 0 Å². The number of hydrogen-bond acceptors (Lipinski definition) is 5. The Labute approximate surface area is 170 Å². The molecule has 8 heteroatoms. The van der Waals surface area contributed by atoms with Gasteiger partial charge in [0, 0.05) is 38.3 Å². The molecule has 1 amide bonds. The van der Waals surface area contributed by atoms with Gasteiger partial charge in [-0.15, -0.1) is 0 Å². The fourth-order valence-electron chi connectivity index (χ4n) is 3.32. The van der Waals surface area contributed by atoms with Gasteiger partial charge >= 0.3 is 0 Å². The summed E-state index contributed by atoms with van der Waals surface area (Å²) in [6.07, 6.45) is 10.6. The van der Waals surface area contributed by atoms with Crippen LogP contribution in [-0.4, -0.2) is 54.9 Å². The SMILES string of the molecule is C=CC(=O)N(C)C[C@H]1CCC1Oc1nc(-c2cnn(C)c2)cn2nccc12.CC. The summed E-state index contributed by atoms with van der Waals surface area (Å²) in [6, 6.07) is 1.89. The summed E-state index contributed by atoms with van der Waals surface area (Å²) in [4.78, 5) is 18.1. The normalized spacial score (nSPS) is 17.8. The van der Waals surface area contributed by atoms with Gasteiger partial charge in [0.05, 0.1) is 24.3 Å². The van der Waals surface area contributed by atoms with E-state index in [2.05, 4.69) is 16.8 Å². The van der Waals surface area contributed by atoms with E-state index in [1.54, 1.807) is 33.5 Å². The molecule has 1 unspecified atom stereocenters. The highest BCUT2D eigenvalue weighted by Gasteiger charge is 2.35. The maximum atomic E-state index is 11.7. The van der Waals surface area contributed by atoms with Gasteiger partial charge in [0.15, 0.2) is 0 Å². The summed E-state index contributed by atoms with van der Waals surface area (Å²) in [7, 11) is 3.66. The highest BCUT2D eigenvalue weighted by Crippen LogP contribution is 2.34. The van der Waals surface area contributed by atoms with E-state index in [-0.39, 0.29) is 17.9 Å². The number of likely N-dealkylation sites (N-methyl/N-ethyl adjacent to an activating group) is 1. The van der Waals surface area contributed by atoms with Gasteiger partial charge in [0.2, 0.25) is 11.8 Å². The molecule has 8 nitrogen and oxygen atoms in total. The maximum Gasteiger partial charge on any atom is 0.245 e. The van der Waals surface area contributed by atoms with E-state index in [0.717, 1.165) is 29.6 Å². The number of nitrogens with zero attached hydrogens (tertiary/aromatic N) is 6. The topological polar surface area (TPSA) is 77.6 Å². The molecule has 0 aliphatic heterocycles. The monoisotopic (exact) mass is 396 g/mol. The molecular weight excluding hydrogens is 368 g/mol. The summed E-state index contributed by atoms with van der Waals surface area (Å²) in [5, 5.41) is 8.54. The van der Waals surface area contributed by atoms with Crippen LogP contribution in [-0.2, 0) is 11.8 Å². The van der Waals surface area contributed by atoms with E-state index in [9.17, 15) is 4.79 Å². The van der Waals surface area contributed by atoms with Crippen molar-refractivity contribution in [2.75, 3.05) is 13.6 Å². The van der Waals surface area contributed by atoms with Crippen molar-refractivity contribution in [2.45, 2.75) is 32.8 Å². The molecule has 1 fully saturated rings. The number of amides is 1. The molecule has 154 valence electrons. The summed E-state index contributed by atoms with van der Waals surface area (Å²) >= 11 is 0. The first kappa shape index (κ1) is 20.6. The van der Waals surface area contributed by atoms with E-state index >= 15 is 0 Å². The minimum atomic E-state index is -0.0736. The Morgan fingerprint density at radius 3 is 2.76 bits per heavy atom. The standard InChI is InChI=1S/C19H22N6O2.C2H6/c1-4-18(26)23(2)10-13-5-6-17(13)27-19-16-7-8-20-25(16)12-15(22-19)14-9-21-24(3)11-14;1-2/h4,7-9,11-13,17H,1,5-6,10H2,2-3H3;1-2H3/t13-,17?;/m1./s1. The minimum Gasteiger partial charge on any atom is -0.472 e. The third-order valence-corrected chi connectivity index (χ3v) is 5.03. The molecule has 2 atom stereocenters. The summed E-state index contributed by atoms with van der Waals surface area (Å²) < 4.78 is 9.76. The van der Waals surface area contributed by atoms with Gasteiger partial charge in [0.25, 0.3) is 0 Å². The van der Waals surface area contributed by atoms with E-state index < -0.39 is 0 Å². The predicted octanol–water partition coefficient (Wildman–Crippen LogP) is 2.96. The highest BCUT2D eigenvalue weighted by atomic mass is 16.5. The van der Waals surface area contributed by atoms with Gasteiger partial charge in [-0.25, -0.2) is 9.50 Å². The number of aryl methyl sites for hydroxylation is 1. The second-order valence-electron chi connectivity index (χ2n) is 6.91. The van der Waals surface area contributed by atoms with E-state index in [1.807, 2.05) is 39.4 Å². The van der Waals surface area contributed by atoms with Crippen molar-refractivity contribution in [1.82, 2.24) is 29.3 Å². The minimum absolute atomic E-state index is 0.0282. The lowest BCUT2D eigenvalue weighted by Crippen LogP contribution is -2.44. The molecule has 0 aromatic carbocycles. The van der Waals surface area contributed by atoms with Gasteiger partial charge in [0.1, 0.15) is 11.6 Å². The lowest BCUT2D eigenvalue weighted by Gasteiger charge is -2.38. The van der Waals surface area contributed by atoms with Crippen LogP contribution in [0, 0.1) is 5.92 Å². The Kier molecular flexibility index (Phi) is 6.31. The van der Waals surface area contributed by atoms with Crippen LogP contribution in [0.4, 0.5) is 0 Å². The van der Waals surface area contributed by atoms with Gasteiger partial charge in [-0.3, -0.25) is 9.48 Å². The first-order valence-electron chi connectivity index (χ1n) is 9.92. The van der Waals surface area contributed by atoms with Gasteiger partial charge in [-0.05, 0) is 25.0 Å². The van der Waals surface area contributed by atoms with Crippen LogP contribution in [0.5, 0.6) is 5.88 Å². The second-order valence-corrected chi connectivity index (χ2v) is 6.91. The lowest BCUT2D eigenvalue weighted by molar-refractivity contribution is -0.126. The van der Waals surface area contributed by atoms with Crippen molar-refractivity contribution in [3.8, 4) is 17.1 Å². The maximum absolute atomic E-state index is 11.7. The second kappa shape index (κ2) is 8.89. The molecule has 1 aliphatic rings. The number of aromatic nitrogens is 5. The average Bonchev–Trinajstić information content (AvgIpc) is 3.38. The molecule has 0 bridgehead atoms. The Morgan fingerprint density at radius 2 is 2.14 bits per heavy atom. The van der Waals surface area contributed by atoms with Crippen LogP contribution in [0.2, 0.25) is 0 Å². The van der Waals surface area contributed by atoms with E-state index in [0.29, 0.717) is 12.4 Å². The van der Waals surface area contributed by atoms with Gasteiger partial charge < -0.3 is 9.64 Å². The first-order chi connectivity index (χ1) is 14.0. The third kappa shape index (κ3) is 4.31. The molecule has 3 heterocycles. The fourth-order valence-corrected chi connectivity index (χ4v) is 3.32. The van der Waals surface area contributed by atoms with Crippen LogP contribution in [0.15, 0.2) is 43.5 Å². The van der Waals surface area contributed by atoms with Crippen molar-refractivity contribution in [3.05, 3.63) is 43.5 Å². The van der Waals surface area contributed by atoms with Crippen LogP contribution >= 0.6 is 0 Å². The fraction of sp³-hybridized carbons (Fsp3) is 0.429. The van der Waals surface area contributed by atoms with Gasteiger partial charge in [-0.2, -0.15) is 10.2 Å². The van der Waals surface area contributed by atoms with Crippen molar-refractivity contribution in [1.29, 1.82) is 0 Å². The third-order valence-electron chi connectivity index (χ3n) is 5.03. The summed E-state index contributed by atoms with van der Waals surface area (Å²) in [5.41, 5.74) is 2.48. The lowest BCUT2D eigenvalue weighted by atomic mass is 9.81. The predicted molar refractivity (Wildman–Crippen MR) is 112 cm³/mol. The Balaban J connectivity index is 0.00000117. The van der Waals surface area contributed by atoms with E-state index in [1.165, 1.54) is 6.08 Å². The molecule has 29 heavy (non-hydrogen) atoms. The molecule has 1 aliphatic carbocycles. The Morgan fingerprint density at radius 1 is 1.34 bits per heavy atom. The summed E-state index contributed by atoms with van der Waals surface area (Å²) in [5.74, 6) is 0.766. The van der Waals surface area contributed by atoms with Crippen LogP contribution in [0.1, 0.15) is 26.7 Å². The zero-order valence-electron chi connectivity index (χ0n) is 17.4. The van der Waals surface area contributed by atoms with Crippen LogP contribution in [0.25, 0.3) is 16.8 Å². The zero-order valence-corrected chi connectivity index (χ0v) is 17.4. The Bertz CT molecular complexity index is 992. The van der Waals surface area contributed by atoms with Crippen molar-refractivity contribution < 1.29 is 9.53 Å². The Hall–Kier alpha value is -3.16. The number of carbonyl (C=O) groups excluding carboxylic acids is 1. The molecule has 0 N–H and O–H groups in total. The number of rotatable bonds is 6.